The Labute approximate surface area is 170 Å². The highest BCUT2D eigenvalue weighted by atomic mass is 35.5. The molecular formula is C20H19ClFN3O2S. The van der Waals surface area contributed by atoms with Gasteiger partial charge in [0.25, 0.3) is 0 Å². The Kier molecular flexibility index (Phi) is 5.31. The maximum absolute atomic E-state index is 13.0. The van der Waals surface area contributed by atoms with Gasteiger partial charge in [-0.1, -0.05) is 12.1 Å². The fourth-order valence-corrected chi connectivity index (χ4v) is 4.99. The van der Waals surface area contributed by atoms with Crippen molar-refractivity contribution in [2.45, 2.75) is 42.6 Å². The molecule has 0 saturated heterocycles. The molecule has 0 amide bonds. The van der Waals surface area contributed by atoms with Gasteiger partial charge in [0.05, 0.1) is 5.38 Å². The Bertz CT molecular complexity index is 997. The fraction of sp³-hybridized carbons (Fsp3) is 0.350. The molecule has 1 aromatic carbocycles. The summed E-state index contributed by atoms with van der Waals surface area (Å²) in [4.78, 5) is 21.9. The van der Waals surface area contributed by atoms with Crippen molar-refractivity contribution in [1.29, 1.82) is 0 Å². The number of halogens is 2. The molecule has 0 aliphatic heterocycles. The lowest BCUT2D eigenvalue weighted by Crippen LogP contribution is -2.52. The number of hydrogen-bond donors (Lipinski definition) is 2. The van der Waals surface area contributed by atoms with Crippen molar-refractivity contribution in [2.24, 2.45) is 0 Å². The van der Waals surface area contributed by atoms with Crippen molar-refractivity contribution in [3.63, 3.8) is 0 Å². The number of aliphatic carboxylic acids is 1. The number of carbonyl (C=O) groups is 1. The normalized spacial score (nSPS) is 25.1. The van der Waals surface area contributed by atoms with Crippen LogP contribution in [0.2, 0.25) is 0 Å². The number of carboxylic acid groups (broad SMARTS) is 1. The zero-order valence-electron chi connectivity index (χ0n) is 14.9. The predicted octanol–water partition coefficient (Wildman–Crippen LogP) is 4.10. The molecule has 0 bridgehead atoms. The van der Waals surface area contributed by atoms with Gasteiger partial charge in [-0.25, -0.2) is 14.4 Å². The highest BCUT2D eigenvalue weighted by Crippen LogP contribution is 2.42. The standard InChI is InChI=1S/C20H19ClFN3O2S/c21-16-9-15(23-10-12-1-3-14(22)4-2-12)5-7-20(16,19(26)27)18-24-11-13-6-8-28-17(13)25-18/h1-4,6,8,11,15-16,23H,5,7,9-10H2,(H,26,27). The monoisotopic (exact) mass is 419 g/mol. The summed E-state index contributed by atoms with van der Waals surface area (Å²) in [6.07, 6.45) is 3.15. The zero-order valence-corrected chi connectivity index (χ0v) is 16.5. The van der Waals surface area contributed by atoms with Gasteiger partial charge >= 0.3 is 5.97 Å². The third-order valence-electron chi connectivity index (χ3n) is 5.41. The summed E-state index contributed by atoms with van der Waals surface area (Å²) in [7, 11) is 0. The van der Waals surface area contributed by atoms with Gasteiger partial charge in [-0.15, -0.1) is 22.9 Å². The summed E-state index contributed by atoms with van der Waals surface area (Å²) in [6, 6.07) is 8.30. The van der Waals surface area contributed by atoms with Crippen molar-refractivity contribution >= 4 is 39.1 Å². The number of aromatic nitrogens is 2. The average molecular weight is 420 g/mol. The molecular weight excluding hydrogens is 401 g/mol. The molecule has 1 aliphatic rings. The second-order valence-corrected chi connectivity index (χ2v) is 8.52. The van der Waals surface area contributed by atoms with Gasteiger partial charge in [-0.3, -0.25) is 4.79 Å². The smallest absolute Gasteiger partial charge is 0.318 e. The molecule has 1 fully saturated rings. The van der Waals surface area contributed by atoms with Gasteiger partial charge in [0.1, 0.15) is 21.9 Å². The highest BCUT2D eigenvalue weighted by molar-refractivity contribution is 7.16. The summed E-state index contributed by atoms with van der Waals surface area (Å²) < 4.78 is 13.0. The van der Waals surface area contributed by atoms with Crippen molar-refractivity contribution in [1.82, 2.24) is 15.3 Å². The van der Waals surface area contributed by atoms with E-state index in [-0.39, 0.29) is 17.7 Å². The van der Waals surface area contributed by atoms with E-state index in [1.165, 1.54) is 23.5 Å². The van der Waals surface area contributed by atoms with E-state index in [1.807, 2.05) is 11.4 Å². The Morgan fingerprint density at radius 1 is 1.36 bits per heavy atom. The van der Waals surface area contributed by atoms with E-state index < -0.39 is 16.8 Å². The fourth-order valence-electron chi connectivity index (χ4n) is 3.74. The van der Waals surface area contributed by atoms with Crippen LogP contribution in [0.5, 0.6) is 0 Å². The summed E-state index contributed by atoms with van der Waals surface area (Å²) in [5, 5.41) is 15.6. The van der Waals surface area contributed by atoms with E-state index in [2.05, 4.69) is 15.3 Å². The van der Waals surface area contributed by atoms with Crippen LogP contribution in [0.4, 0.5) is 4.39 Å². The van der Waals surface area contributed by atoms with Gasteiger partial charge in [0, 0.05) is 24.2 Å². The quantitative estimate of drug-likeness (QED) is 0.609. The third kappa shape index (κ3) is 3.50. The second kappa shape index (κ2) is 7.73. The highest BCUT2D eigenvalue weighted by Gasteiger charge is 2.52. The zero-order chi connectivity index (χ0) is 19.7. The average Bonchev–Trinajstić information content (AvgIpc) is 3.15. The summed E-state index contributed by atoms with van der Waals surface area (Å²) in [5.41, 5.74) is -0.331. The lowest BCUT2D eigenvalue weighted by molar-refractivity contribution is -0.145. The largest absolute Gasteiger partial charge is 0.480 e. The molecule has 3 aromatic rings. The van der Waals surface area contributed by atoms with E-state index in [1.54, 1.807) is 18.3 Å². The molecule has 3 atom stereocenters. The van der Waals surface area contributed by atoms with Gasteiger partial charge in [-0.2, -0.15) is 0 Å². The summed E-state index contributed by atoms with van der Waals surface area (Å²) in [6.45, 7) is 0.576. The van der Waals surface area contributed by atoms with Crippen molar-refractivity contribution < 1.29 is 14.3 Å². The van der Waals surface area contributed by atoms with Crippen LogP contribution in [0, 0.1) is 5.82 Å². The number of nitrogens with zero attached hydrogens (tertiary/aromatic N) is 2. The molecule has 28 heavy (non-hydrogen) atoms. The molecule has 146 valence electrons. The number of fused-ring (bicyclic) bond motifs is 1. The molecule has 3 unspecified atom stereocenters. The topological polar surface area (TPSA) is 75.1 Å². The van der Waals surface area contributed by atoms with Gasteiger partial charge in [-0.05, 0) is 48.4 Å². The molecule has 2 aromatic heterocycles. The number of hydrogen-bond acceptors (Lipinski definition) is 5. The molecule has 5 nitrogen and oxygen atoms in total. The Morgan fingerprint density at radius 2 is 2.14 bits per heavy atom. The van der Waals surface area contributed by atoms with Crippen LogP contribution in [-0.2, 0) is 16.8 Å². The van der Waals surface area contributed by atoms with Crippen molar-refractivity contribution in [3.05, 3.63) is 59.1 Å². The Hall–Kier alpha value is -2.09. The maximum atomic E-state index is 13.0. The van der Waals surface area contributed by atoms with Crippen LogP contribution in [-0.4, -0.2) is 32.5 Å². The summed E-state index contributed by atoms with van der Waals surface area (Å²) in [5.74, 6) is -0.969. The van der Waals surface area contributed by atoms with E-state index >= 15 is 0 Å². The van der Waals surface area contributed by atoms with Crippen LogP contribution >= 0.6 is 22.9 Å². The Balaban J connectivity index is 1.51. The minimum Gasteiger partial charge on any atom is -0.480 e. The molecule has 0 spiro atoms. The van der Waals surface area contributed by atoms with Crippen molar-refractivity contribution in [2.75, 3.05) is 0 Å². The van der Waals surface area contributed by atoms with Crippen LogP contribution in [0.15, 0.2) is 41.9 Å². The Morgan fingerprint density at radius 3 is 2.86 bits per heavy atom. The molecule has 1 aliphatic carbocycles. The second-order valence-electron chi connectivity index (χ2n) is 7.10. The van der Waals surface area contributed by atoms with Gasteiger partial charge < -0.3 is 10.4 Å². The van der Waals surface area contributed by atoms with Gasteiger partial charge in [0.2, 0.25) is 0 Å². The minimum absolute atomic E-state index is 0.0745. The van der Waals surface area contributed by atoms with Crippen molar-refractivity contribution in [3.8, 4) is 0 Å². The van der Waals surface area contributed by atoms with Gasteiger partial charge in [0.15, 0.2) is 0 Å². The SMILES string of the molecule is O=C(O)C1(c2ncc3ccsc3n2)CCC(NCc2ccc(F)cc2)CC1Cl. The first-order valence-corrected chi connectivity index (χ1v) is 10.4. The number of alkyl halides is 1. The van der Waals surface area contributed by atoms with E-state index in [0.717, 1.165) is 15.8 Å². The van der Waals surface area contributed by atoms with E-state index in [9.17, 15) is 14.3 Å². The third-order valence-corrected chi connectivity index (χ3v) is 6.78. The van der Waals surface area contributed by atoms with E-state index in [4.69, 9.17) is 11.6 Å². The minimum atomic E-state index is -1.30. The van der Waals surface area contributed by atoms with Crippen LogP contribution in [0.25, 0.3) is 10.2 Å². The first kappa shape index (κ1) is 19.2. The number of thiophene rings is 1. The first-order valence-electron chi connectivity index (χ1n) is 9.05. The van der Waals surface area contributed by atoms with Crippen LogP contribution in [0.3, 0.4) is 0 Å². The number of carboxylic acids is 1. The molecule has 2 N–H and O–H groups in total. The molecule has 1 saturated carbocycles. The van der Waals surface area contributed by atoms with Crippen LogP contribution < -0.4 is 5.32 Å². The molecule has 0 radical (unpaired) electrons. The lowest BCUT2D eigenvalue weighted by Gasteiger charge is -2.39. The number of rotatable bonds is 5. The van der Waals surface area contributed by atoms with Crippen LogP contribution in [0.1, 0.15) is 30.7 Å². The summed E-state index contributed by atoms with van der Waals surface area (Å²) >= 11 is 8.10. The molecule has 4 rings (SSSR count). The number of benzene rings is 1. The predicted molar refractivity (Wildman–Crippen MR) is 107 cm³/mol. The lowest BCUT2D eigenvalue weighted by atomic mass is 9.71. The van der Waals surface area contributed by atoms with E-state index in [0.29, 0.717) is 25.8 Å². The molecule has 2 heterocycles. The number of nitrogens with one attached hydrogen (secondary N) is 1. The maximum Gasteiger partial charge on any atom is 0.318 e. The first-order chi connectivity index (χ1) is 13.5. The molecule has 8 heteroatoms.